The van der Waals surface area contributed by atoms with Crippen molar-refractivity contribution in [2.24, 2.45) is 11.1 Å². The van der Waals surface area contributed by atoms with Crippen molar-refractivity contribution in [1.29, 1.82) is 0 Å². The van der Waals surface area contributed by atoms with Crippen molar-refractivity contribution in [3.8, 4) is 17.2 Å². The molecule has 1 N–H and O–H groups in total. The number of methoxy groups -OCH3 is 2. The van der Waals surface area contributed by atoms with Crippen molar-refractivity contribution in [3.05, 3.63) is 53.1 Å². The number of benzene rings is 2. The number of phenols is 1. The lowest BCUT2D eigenvalue weighted by Crippen LogP contribution is -2.19. The molecule has 0 unspecified atom stereocenters. The van der Waals surface area contributed by atoms with Gasteiger partial charge in [-0.3, -0.25) is 0 Å². The van der Waals surface area contributed by atoms with Crippen molar-refractivity contribution in [3.63, 3.8) is 0 Å². The number of rotatable bonds is 4. The van der Waals surface area contributed by atoms with E-state index < -0.39 is 5.97 Å². The molecule has 1 aliphatic carbocycles. The summed E-state index contributed by atoms with van der Waals surface area (Å²) in [6.45, 7) is 2.10. The summed E-state index contributed by atoms with van der Waals surface area (Å²) < 4.78 is 10.4. The molecule has 6 nitrogen and oxygen atoms in total. The molecule has 0 saturated heterocycles. The molecule has 0 fully saturated rings. The van der Waals surface area contributed by atoms with Crippen molar-refractivity contribution < 1.29 is 24.2 Å². The molecule has 2 aromatic rings. The maximum atomic E-state index is 12.3. The van der Waals surface area contributed by atoms with E-state index in [1.807, 2.05) is 0 Å². The number of ether oxygens (including phenoxy) is 2. The Morgan fingerprint density at radius 3 is 2.58 bits per heavy atom. The molecule has 0 saturated carbocycles. The van der Waals surface area contributed by atoms with Gasteiger partial charge in [-0.05, 0) is 60.7 Å². The minimum Gasteiger partial charge on any atom is -0.508 e. The molecule has 0 radical (unpaired) electrons. The summed E-state index contributed by atoms with van der Waals surface area (Å²) in [4.78, 5) is 17.5. The van der Waals surface area contributed by atoms with Crippen LogP contribution in [-0.4, -0.2) is 31.0 Å². The smallest absolute Gasteiger partial charge is 0.365 e. The second-order valence-corrected chi connectivity index (χ2v) is 6.34. The third-order valence-corrected chi connectivity index (χ3v) is 4.37. The molecule has 0 bridgehead atoms. The summed E-state index contributed by atoms with van der Waals surface area (Å²) in [6.07, 6.45) is 1.56. The summed E-state index contributed by atoms with van der Waals surface area (Å²) in [5.41, 5.74) is 2.93. The van der Waals surface area contributed by atoms with Crippen molar-refractivity contribution in [2.75, 3.05) is 14.2 Å². The van der Waals surface area contributed by atoms with Crippen molar-refractivity contribution >= 4 is 11.7 Å². The molecule has 6 heteroatoms. The molecular formula is C20H21NO5. The first-order valence-electron chi connectivity index (χ1n) is 8.34. The molecule has 3 rings (SSSR count). The van der Waals surface area contributed by atoms with E-state index in [4.69, 9.17) is 14.3 Å². The van der Waals surface area contributed by atoms with Gasteiger partial charge in [0, 0.05) is 5.56 Å². The summed E-state index contributed by atoms with van der Waals surface area (Å²) in [5, 5.41) is 13.8. The fourth-order valence-electron chi connectivity index (χ4n) is 3.12. The van der Waals surface area contributed by atoms with Gasteiger partial charge in [-0.25, -0.2) is 4.79 Å². The fraction of sp³-hybridized carbons (Fsp3) is 0.300. The number of carbonyl (C=O) groups excluding carboxylic acids is 1. The Bertz CT molecular complexity index is 859. The predicted octanol–water partition coefficient (Wildman–Crippen LogP) is 3.55. The molecule has 2 aromatic carbocycles. The zero-order valence-corrected chi connectivity index (χ0v) is 15.0. The van der Waals surface area contributed by atoms with Crippen LogP contribution >= 0.6 is 0 Å². The Labute approximate surface area is 152 Å². The highest BCUT2D eigenvalue weighted by Crippen LogP contribution is 2.30. The molecule has 1 atom stereocenters. The second-order valence-electron chi connectivity index (χ2n) is 6.34. The van der Waals surface area contributed by atoms with Crippen molar-refractivity contribution in [2.45, 2.75) is 19.8 Å². The molecule has 1 aliphatic rings. The Kier molecular flexibility index (Phi) is 5.11. The Morgan fingerprint density at radius 2 is 1.85 bits per heavy atom. The van der Waals surface area contributed by atoms with Crippen LogP contribution in [0, 0.1) is 5.92 Å². The van der Waals surface area contributed by atoms with Gasteiger partial charge in [0.05, 0.1) is 25.5 Å². The van der Waals surface area contributed by atoms with E-state index >= 15 is 0 Å². The molecule has 0 aromatic heterocycles. The van der Waals surface area contributed by atoms with E-state index in [2.05, 4.69) is 12.1 Å². The highest BCUT2D eigenvalue weighted by molar-refractivity contribution is 6.03. The number of nitrogens with zero attached hydrogens (tertiary/aromatic N) is 1. The van der Waals surface area contributed by atoms with Gasteiger partial charge in [-0.15, -0.1) is 0 Å². The molecule has 0 aliphatic heterocycles. The van der Waals surface area contributed by atoms with E-state index in [-0.39, 0.29) is 5.75 Å². The van der Waals surface area contributed by atoms with Gasteiger partial charge in [0.15, 0.2) is 11.5 Å². The molecular weight excluding hydrogens is 334 g/mol. The quantitative estimate of drug-likeness (QED) is 0.670. The van der Waals surface area contributed by atoms with Gasteiger partial charge in [-0.2, -0.15) is 0 Å². The molecule has 26 heavy (non-hydrogen) atoms. The van der Waals surface area contributed by atoms with Gasteiger partial charge in [0.25, 0.3) is 0 Å². The number of hydrogen-bond acceptors (Lipinski definition) is 6. The van der Waals surface area contributed by atoms with Crippen LogP contribution in [0.1, 0.15) is 34.8 Å². The monoisotopic (exact) mass is 355 g/mol. The zero-order valence-electron chi connectivity index (χ0n) is 15.0. The normalized spacial score (nSPS) is 17.5. The first-order valence-corrected chi connectivity index (χ1v) is 8.34. The number of carbonyl (C=O) groups is 1. The number of hydrogen-bond donors (Lipinski definition) is 1. The lowest BCUT2D eigenvalue weighted by molar-refractivity contribution is 0.0514. The highest BCUT2D eigenvalue weighted by atomic mass is 16.7. The Morgan fingerprint density at radius 1 is 1.08 bits per heavy atom. The maximum Gasteiger partial charge on any atom is 0.365 e. The minimum absolute atomic E-state index is 0.222. The van der Waals surface area contributed by atoms with Gasteiger partial charge in [0.1, 0.15) is 5.75 Å². The number of aromatic hydroxyl groups is 1. The Balaban J connectivity index is 1.83. The second kappa shape index (κ2) is 7.47. The molecule has 136 valence electrons. The van der Waals surface area contributed by atoms with Gasteiger partial charge < -0.3 is 19.4 Å². The van der Waals surface area contributed by atoms with Crippen LogP contribution in [0.4, 0.5) is 0 Å². The third-order valence-electron chi connectivity index (χ3n) is 4.37. The summed E-state index contributed by atoms with van der Waals surface area (Å²) in [5.74, 6) is 0.978. The molecule has 0 amide bonds. The van der Waals surface area contributed by atoms with Gasteiger partial charge >= 0.3 is 5.97 Å². The lowest BCUT2D eigenvalue weighted by Gasteiger charge is -2.22. The van der Waals surface area contributed by atoms with Crippen LogP contribution in [0.15, 0.2) is 41.6 Å². The maximum absolute atomic E-state index is 12.3. The fourth-order valence-corrected chi connectivity index (χ4v) is 3.12. The average Bonchev–Trinajstić information content (AvgIpc) is 2.64. The summed E-state index contributed by atoms with van der Waals surface area (Å²) in [6, 6.07) is 9.94. The van der Waals surface area contributed by atoms with Gasteiger partial charge in [-0.1, -0.05) is 12.1 Å². The summed E-state index contributed by atoms with van der Waals surface area (Å²) in [7, 11) is 3.03. The van der Waals surface area contributed by atoms with Crippen LogP contribution in [0.2, 0.25) is 0 Å². The average molecular weight is 355 g/mol. The van der Waals surface area contributed by atoms with Crippen LogP contribution in [-0.2, 0) is 11.3 Å². The third kappa shape index (κ3) is 3.64. The number of oxime groups is 1. The van der Waals surface area contributed by atoms with Crippen molar-refractivity contribution in [1.82, 2.24) is 0 Å². The SMILES string of the molecule is COc1ccc(C(=O)O/N=C2/C[C@@H](C)Cc3cc(O)ccc32)cc1OC. The van der Waals surface area contributed by atoms with Crippen LogP contribution in [0.5, 0.6) is 17.2 Å². The van der Waals surface area contributed by atoms with Crippen LogP contribution in [0.25, 0.3) is 0 Å². The molecule has 0 heterocycles. The first-order chi connectivity index (χ1) is 12.5. The number of phenolic OH excluding ortho intramolecular Hbond substituents is 1. The van der Waals surface area contributed by atoms with E-state index in [1.54, 1.807) is 36.4 Å². The van der Waals surface area contributed by atoms with E-state index in [0.717, 1.165) is 17.5 Å². The van der Waals surface area contributed by atoms with Crippen LogP contribution < -0.4 is 9.47 Å². The van der Waals surface area contributed by atoms with Gasteiger partial charge in [0.2, 0.25) is 0 Å². The number of fused-ring (bicyclic) bond motifs is 1. The highest BCUT2D eigenvalue weighted by Gasteiger charge is 2.22. The van der Waals surface area contributed by atoms with E-state index in [9.17, 15) is 9.90 Å². The van der Waals surface area contributed by atoms with E-state index in [1.165, 1.54) is 14.2 Å². The standard InChI is InChI=1S/C20H21NO5/c1-12-8-14-10-15(22)5-6-16(14)17(9-12)21-26-20(23)13-4-7-18(24-2)19(11-13)25-3/h4-7,10-12,22H,8-9H2,1-3H3/b21-17-/t12-/m0/s1. The largest absolute Gasteiger partial charge is 0.508 e. The van der Waals surface area contributed by atoms with Crippen LogP contribution in [0.3, 0.4) is 0 Å². The zero-order chi connectivity index (χ0) is 18.7. The predicted molar refractivity (Wildman–Crippen MR) is 97.1 cm³/mol. The van der Waals surface area contributed by atoms with E-state index in [0.29, 0.717) is 35.1 Å². The Hall–Kier alpha value is -3.02. The lowest BCUT2D eigenvalue weighted by atomic mass is 9.83. The minimum atomic E-state index is -0.572. The molecule has 0 spiro atoms. The summed E-state index contributed by atoms with van der Waals surface area (Å²) >= 11 is 0. The topological polar surface area (TPSA) is 77.4 Å². The first kappa shape index (κ1) is 17.8.